The maximum atomic E-state index is 12.6. The summed E-state index contributed by atoms with van der Waals surface area (Å²) in [6.45, 7) is 4.20. The van der Waals surface area contributed by atoms with Gasteiger partial charge in [-0.1, -0.05) is 0 Å². The lowest BCUT2D eigenvalue weighted by Gasteiger charge is -2.34. The van der Waals surface area contributed by atoms with Crippen LogP contribution in [0, 0.1) is 12.8 Å². The Labute approximate surface area is 124 Å². The van der Waals surface area contributed by atoms with Crippen molar-refractivity contribution in [2.24, 2.45) is 5.92 Å². The molecule has 3 heterocycles. The van der Waals surface area contributed by atoms with Gasteiger partial charge < -0.3 is 5.32 Å². The normalized spacial score (nSPS) is 28.9. The lowest BCUT2D eigenvalue weighted by Crippen LogP contribution is -2.45. The van der Waals surface area contributed by atoms with Gasteiger partial charge in [0.15, 0.2) is 4.21 Å². The minimum absolute atomic E-state index is 0.384. The number of aryl methyl sites for hydroxylation is 1. The summed E-state index contributed by atoms with van der Waals surface area (Å²) in [5.74, 6) is 0.454. The Morgan fingerprint density at radius 1 is 1.40 bits per heavy atom. The van der Waals surface area contributed by atoms with Crippen LogP contribution in [-0.2, 0) is 10.0 Å². The van der Waals surface area contributed by atoms with Crippen LogP contribution < -0.4 is 5.32 Å². The fraction of sp³-hybridized carbons (Fsp3) is 0.769. The van der Waals surface area contributed by atoms with E-state index in [9.17, 15) is 8.42 Å². The SMILES string of the molecule is Cc1ncc(S(=O)(=O)N2CCCC(C3CCCN3)C2)s1. The van der Waals surface area contributed by atoms with Gasteiger partial charge in [-0.05, 0) is 45.1 Å². The predicted octanol–water partition coefficient (Wildman–Crippen LogP) is 1.60. The summed E-state index contributed by atoms with van der Waals surface area (Å²) in [5.41, 5.74) is 0. The van der Waals surface area contributed by atoms with Gasteiger partial charge >= 0.3 is 0 Å². The molecule has 7 heteroatoms. The first kappa shape index (κ1) is 14.4. The number of piperidine rings is 1. The summed E-state index contributed by atoms with van der Waals surface area (Å²) in [5, 5.41) is 4.31. The average molecular weight is 315 g/mol. The van der Waals surface area contributed by atoms with Gasteiger partial charge in [-0.2, -0.15) is 4.31 Å². The zero-order valence-corrected chi connectivity index (χ0v) is 13.3. The third kappa shape index (κ3) is 2.77. The molecule has 3 rings (SSSR count). The second kappa shape index (κ2) is 5.71. The highest BCUT2D eigenvalue weighted by Crippen LogP contribution is 2.30. The molecule has 1 N–H and O–H groups in total. The van der Waals surface area contributed by atoms with Crippen molar-refractivity contribution in [3.8, 4) is 0 Å². The van der Waals surface area contributed by atoms with Crippen molar-refractivity contribution in [1.29, 1.82) is 0 Å². The van der Waals surface area contributed by atoms with E-state index in [-0.39, 0.29) is 0 Å². The molecule has 2 saturated heterocycles. The van der Waals surface area contributed by atoms with Crippen molar-refractivity contribution in [2.45, 2.75) is 42.9 Å². The first-order valence-electron chi connectivity index (χ1n) is 7.23. The molecule has 20 heavy (non-hydrogen) atoms. The molecule has 1 aromatic heterocycles. The second-order valence-corrected chi connectivity index (χ2v) is 9.07. The minimum atomic E-state index is -3.34. The van der Waals surface area contributed by atoms with Gasteiger partial charge in [0, 0.05) is 19.1 Å². The number of sulfonamides is 1. The van der Waals surface area contributed by atoms with E-state index in [0.29, 0.717) is 29.3 Å². The Bertz CT molecular complexity index is 564. The highest BCUT2D eigenvalue weighted by Gasteiger charge is 2.35. The molecule has 0 aromatic carbocycles. The molecule has 1 aromatic rings. The van der Waals surface area contributed by atoms with Crippen LogP contribution in [0.1, 0.15) is 30.7 Å². The van der Waals surface area contributed by atoms with Gasteiger partial charge in [0.1, 0.15) is 0 Å². The van der Waals surface area contributed by atoms with E-state index < -0.39 is 10.0 Å². The van der Waals surface area contributed by atoms with Crippen molar-refractivity contribution in [1.82, 2.24) is 14.6 Å². The smallest absolute Gasteiger partial charge is 0.254 e. The van der Waals surface area contributed by atoms with Crippen LogP contribution in [0.3, 0.4) is 0 Å². The average Bonchev–Trinajstić information content (AvgIpc) is 3.10. The number of aromatic nitrogens is 1. The number of rotatable bonds is 3. The molecule has 0 aliphatic carbocycles. The third-order valence-corrected chi connectivity index (χ3v) is 7.50. The highest BCUT2D eigenvalue weighted by atomic mass is 32.2. The van der Waals surface area contributed by atoms with Crippen LogP contribution in [0.25, 0.3) is 0 Å². The van der Waals surface area contributed by atoms with Gasteiger partial charge in [0.05, 0.1) is 11.2 Å². The van der Waals surface area contributed by atoms with Crippen molar-refractivity contribution in [3.63, 3.8) is 0 Å². The summed E-state index contributed by atoms with van der Waals surface area (Å²) in [6, 6.07) is 0.496. The number of nitrogens with one attached hydrogen (secondary N) is 1. The Hall–Kier alpha value is -0.500. The summed E-state index contributed by atoms with van der Waals surface area (Å²) in [4.78, 5) is 4.07. The second-order valence-electron chi connectivity index (χ2n) is 5.67. The van der Waals surface area contributed by atoms with E-state index in [0.717, 1.165) is 24.4 Å². The van der Waals surface area contributed by atoms with Gasteiger partial charge in [0.2, 0.25) is 0 Å². The molecule has 2 aliphatic heterocycles. The molecule has 112 valence electrons. The fourth-order valence-electron chi connectivity index (χ4n) is 3.22. The van der Waals surface area contributed by atoms with Crippen molar-refractivity contribution in [2.75, 3.05) is 19.6 Å². The standard InChI is InChI=1S/C13H21N3O2S2/c1-10-15-8-13(19-10)20(17,18)16-7-3-4-11(9-16)12-5-2-6-14-12/h8,11-12,14H,2-7,9H2,1H3. The van der Waals surface area contributed by atoms with Crippen LogP contribution in [0.5, 0.6) is 0 Å². The minimum Gasteiger partial charge on any atom is -0.314 e. The lowest BCUT2D eigenvalue weighted by molar-refractivity contribution is 0.227. The molecule has 2 unspecified atom stereocenters. The summed E-state index contributed by atoms with van der Waals surface area (Å²) >= 11 is 1.27. The van der Waals surface area contributed by atoms with Crippen LogP contribution in [0.4, 0.5) is 0 Å². The van der Waals surface area contributed by atoms with E-state index >= 15 is 0 Å². The highest BCUT2D eigenvalue weighted by molar-refractivity contribution is 7.91. The van der Waals surface area contributed by atoms with Gasteiger partial charge in [-0.25, -0.2) is 13.4 Å². The molecule has 2 atom stereocenters. The van der Waals surface area contributed by atoms with Gasteiger partial charge in [-0.3, -0.25) is 0 Å². The Morgan fingerprint density at radius 3 is 2.90 bits per heavy atom. The van der Waals surface area contributed by atoms with Crippen LogP contribution in [0.2, 0.25) is 0 Å². The maximum absolute atomic E-state index is 12.6. The molecule has 5 nitrogen and oxygen atoms in total. The zero-order valence-electron chi connectivity index (χ0n) is 11.7. The molecule has 0 bridgehead atoms. The topological polar surface area (TPSA) is 62.3 Å². The van der Waals surface area contributed by atoms with Gasteiger partial charge in [-0.15, -0.1) is 11.3 Å². The molecule has 0 amide bonds. The molecule has 0 spiro atoms. The first-order chi connectivity index (χ1) is 9.57. The molecular formula is C13H21N3O2S2. The van der Waals surface area contributed by atoms with Crippen LogP contribution >= 0.6 is 11.3 Å². The number of hydrogen-bond acceptors (Lipinski definition) is 5. The van der Waals surface area contributed by atoms with E-state index in [2.05, 4.69) is 10.3 Å². The molecule has 0 radical (unpaired) electrons. The van der Waals surface area contributed by atoms with Crippen molar-refractivity contribution < 1.29 is 8.42 Å². The monoisotopic (exact) mass is 315 g/mol. The maximum Gasteiger partial charge on any atom is 0.254 e. The molecule has 2 aliphatic rings. The zero-order chi connectivity index (χ0) is 14.2. The summed E-state index contributed by atoms with van der Waals surface area (Å²) in [6.07, 6.45) is 5.97. The largest absolute Gasteiger partial charge is 0.314 e. The van der Waals surface area contributed by atoms with Gasteiger partial charge in [0.25, 0.3) is 10.0 Å². The quantitative estimate of drug-likeness (QED) is 0.920. The Balaban J connectivity index is 1.75. The summed E-state index contributed by atoms with van der Waals surface area (Å²) < 4.78 is 27.3. The van der Waals surface area contributed by atoms with E-state index in [4.69, 9.17) is 0 Å². The molecular weight excluding hydrogens is 294 g/mol. The number of thiazole rings is 1. The summed E-state index contributed by atoms with van der Waals surface area (Å²) in [7, 11) is -3.34. The van der Waals surface area contributed by atoms with Crippen LogP contribution in [-0.4, -0.2) is 43.4 Å². The first-order valence-corrected chi connectivity index (χ1v) is 9.49. The lowest BCUT2D eigenvalue weighted by atomic mass is 9.91. The van der Waals surface area contributed by atoms with E-state index in [1.807, 2.05) is 6.92 Å². The third-order valence-electron chi connectivity index (χ3n) is 4.28. The van der Waals surface area contributed by atoms with E-state index in [1.165, 1.54) is 30.4 Å². The Morgan fingerprint density at radius 2 is 2.25 bits per heavy atom. The van der Waals surface area contributed by atoms with Crippen LogP contribution in [0.15, 0.2) is 10.4 Å². The fourth-order valence-corrected chi connectivity index (χ4v) is 6.02. The van der Waals surface area contributed by atoms with Crippen molar-refractivity contribution in [3.05, 3.63) is 11.2 Å². The Kier molecular flexibility index (Phi) is 4.12. The number of nitrogens with zero attached hydrogens (tertiary/aromatic N) is 2. The molecule has 2 fully saturated rings. The number of hydrogen-bond donors (Lipinski definition) is 1. The van der Waals surface area contributed by atoms with Crippen molar-refractivity contribution >= 4 is 21.4 Å². The molecule has 0 saturated carbocycles. The van der Waals surface area contributed by atoms with E-state index in [1.54, 1.807) is 4.31 Å². The predicted molar refractivity (Wildman–Crippen MR) is 79.4 cm³/mol.